The quantitative estimate of drug-likeness (QED) is 0.554. The van der Waals surface area contributed by atoms with E-state index in [9.17, 15) is 10.0 Å². The van der Waals surface area contributed by atoms with Crippen LogP contribution in [0.15, 0.2) is 79.0 Å². The van der Waals surface area contributed by atoms with Gasteiger partial charge in [0.15, 0.2) is 18.6 Å². The fourth-order valence-corrected chi connectivity index (χ4v) is 2.12. The monoisotopic (exact) mass is 336 g/mol. The lowest BCUT2D eigenvalue weighted by molar-refractivity contribution is -0.612. The minimum Gasteiger partial charge on any atom is -0.616 e. The lowest BCUT2D eigenvalue weighted by Crippen LogP contribution is -2.30. The molecule has 0 aliphatic rings. The van der Waals surface area contributed by atoms with Crippen molar-refractivity contribution in [3.63, 3.8) is 0 Å². The molecule has 0 fully saturated rings. The molecule has 1 heterocycles. The van der Waals surface area contributed by atoms with Crippen LogP contribution in [-0.2, 0) is 4.79 Å². The number of rotatable bonds is 6. The maximum absolute atomic E-state index is 12.1. The number of nitrogens with zero attached hydrogens (tertiary/aromatic N) is 1. The molecule has 0 radical (unpaired) electrons. The van der Waals surface area contributed by atoms with E-state index in [1.54, 1.807) is 30.3 Å². The number of hydrogen-bond donors (Lipinski definition) is 1. The number of hydrogen-bond acceptors (Lipinski definition) is 4. The average Bonchev–Trinajstić information content (AvgIpc) is 2.64. The summed E-state index contributed by atoms with van der Waals surface area (Å²) >= 11 is 0. The van der Waals surface area contributed by atoms with Crippen LogP contribution in [0.3, 0.4) is 0 Å². The highest BCUT2D eigenvalue weighted by Crippen LogP contribution is 2.28. The first kappa shape index (κ1) is 16.3. The van der Waals surface area contributed by atoms with E-state index in [2.05, 4.69) is 5.32 Å². The van der Waals surface area contributed by atoms with E-state index in [1.165, 1.54) is 12.3 Å². The Labute approximate surface area is 144 Å². The molecule has 6 nitrogen and oxygen atoms in total. The molecule has 0 unspecified atom stereocenters. The van der Waals surface area contributed by atoms with Crippen molar-refractivity contribution < 1.29 is 19.0 Å². The van der Waals surface area contributed by atoms with Crippen LogP contribution in [0.25, 0.3) is 0 Å². The summed E-state index contributed by atoms with van der Waals surface area (Å²) in [5.41, 5.74) is 0.517. The summed E-state index contributed by atoms with van der Waals surface area (Å²) in [5, 5.41) is 14.2. The van der Waals surface area contributed by atoms with Crippen molar-refractivity contribution in [2.75, 3.05) is 11.9 Å². The van der Waals surface area contributed by atoms with Gasteiger partial charge in [0, 0.05) is 6.07 Å². The van der Waals surface area contributed by atoms with Crippen molar-refractivity contribution in [2.45, 2.75) is 0 Å². The van der Waals surface area contributed by atoms with Crippen molar-refractivity contribution in [2.24, 2.45) is 0 Å². The number of carbonyl (C=O) groups excluding carboxylic acids is 1. The largest absolute Gasteiger partial charge is 0.616 e. The van der Waals surface area contributed by atoms with Crippen molar-refractivity contribution in [3.8, 4) is 17.4 Å². The molecule has 3 aromatic rings. The van der Waals surface area contributed by atoms with Crippen LogP contribution < -0.4 is 19.5 Å². The molecule has 25 heavy (non-hydrogen) atoms. The molecule has 126 valence electrons. The Hall–Kier alpha value is -3.54. The third-order valence-electron chi connectivity index (χ3n) is 3.27. The molecular formula is C19H16N2O4. The molecule has 0 spiro atoms. The Kier molecular flexibility index (Phi) is 5.11. The number of carbonyl (C=O) groups is 1. The minimum atomic E-state index is -0.395. The second-order valence-corrected chi connectivity index (χ2v) is 5.11. The van der Waals surface area contributed by atoms with Gasteiger partial charge in [-0.1, -0.05) is 30.3 Å². The van der Waals surface area contributed by atoms with Crippen LogP contribution in [0.5, 0.6) is 17.4 Å². The SMILES string of the molecule is O=C(COc1cccc[n+]1[O-])Nc1ccccc1Oc1ccccc1. The van der Waals surface area contributed by atoms with Crippen molar-refractivity contribution >= 4 is 11.6 Å². The van der Waals surface area contributed by atoms with Crippen molar-refractivity contribution in [3.05, 3.63) is 84.2 Å². The Morgan fingerprint density at radius 2 is 1.68 bits per heavy atom. The maximum atomic E-state index is 12.1. The number of para-hydroxylation sites is 3. The fraction of sp³-hybridized carbons (Fsp3) is 0.0526. The molecule has 1 N–H and O–H groups in total. The van der Waals surface area contributed by atoms with Gasteiger partial charge in [0.2, 0.25) is 0 Å². The van der Waals surface area contributed by atoms with Crippen molar-refractivity contribution in [1.29, 1.82) is 0 Å². The lowest BCUT2D eigenvalue weighted by Gasteiger charge is -2.12. The van der Waals surface area contributed by atoms with Gasteiger partial charge in [-0.2, -0.15) is 0 Å². The number of pyridine rings is 1. The average molecular weight is 336 g/mol. The molecule has 0 aliphatic heterocycles. The summed E-state index contributed by atoms with van der Waals surface area (Å²) in [6.07, 6.45) is 1.30. The highest BCUT2D eigenvalue weighted by molar-refractivity contribution is 5.93. The van der Waals surface area contributed by atoms with Crippen molar-refractivity contribution in [1.82, 2.24) is 0 Å². The van der Waals surface area contributed by atoms with E-state index in [-0.39, 0.29) is 12.5 Å². The second kappa shape index (κ2) is 7.83. The van der Waals surface area contributed by atoms with Gasteiger partial charge >= 0.3 is 5.88 Å². The number of anilines is 1. The number of aromatic nitrogens is 1. The third kappa shape index (κ3) is 4.48. The predicted molar refractivity (Wildman–Crippen MR) is 92.5 cm³/mol. The first-order valence-corrected chi connectivity index (χ1v) is 7.65. The third-order valence-corrected chi connectivity index (χ3v) is 3.27. The van der Waals surface area contributed by atoms with Crippen LogP contribution in [0.4, 0.5) is 5.69 Å². The lowest BCUT2D eigenvalue weighted by atomic mass is 10.3. The van der Waals surface area contributed by atoms with Gasteiger partial charge in [0.05, 0.1) is 11.8 Å². The normalized spacial score (nSPS) is 10.1. The Morgan fingerprint density at radius 3 is 2.48 bits per heavy atom. The fourth-order valence-electron chi connectivity index (χ4n) is 2.12. The predicted octanol–water partition coefficient (Wildman–Crippen LogP) is 3.13. The van der Waals surface area contributed by atoms with Gasteiger partial charge in [0.1, 0.15) is 5.75 Å². The first-order chi connectivity index (χ1) is 12.2. The van der Waals surface area contributed by atoms with Crippen LogP contribution >= 0.6 is 0 Å². The summed E-state index contributed by atoms with van der Waals surface area (Å²) in [6.45, 7) is -0.286. The van der Waals surface area contributed by atoms with E-state index in [4.69, 9.17) is 9.47 Å². The summed E-state index contributed by atoms with van der Waals surface area (Å²) in [7, 11) is 0. The molecule has 0 aliphatic carbocycles. The molecule has 0 saturated carbocycles. The maximum Gasteiger partial charge on any atom is 0.379 e. The van der Waals surface area contributed by atoms with E-state index in [1.807, 2.05) is 36.4 Å². The summed E-state index contributed by atoms with van der Waals surface area (Å²) in [5.74, 6) is 0.845. The van der Waals surface area contributed by atoms with E-state index in [0.717, 1.165) is 0 Å². The summed E-state index contributed by atoms with van der Waals surface area (Å²) < 4.78 is 11.6. The highest BCUT2D eigenvalue weighted by Gasteiger charge is 2.11. The smallest absolute Gasteiger partial charge is 0.379 e. The van der Waals surface area contributed by atoms with Gasteiger partial charge < -0.3 is 20.0 Å². The molecule has 0 bridgehead atoms. The standard InChI is InChI=1S/C19H16N2O4/c22-18(14-24-19-12-6-7-13-21(19)23)20-16-10-4-5-11-17(16)25-15-8-2-1-3-9-15/h1-13H,14H2,(H,20,22). The molecule has 1 amide bonds. The molecule has 3 rings (SSSR count). The van der Waals surface area contributed by atoms with E-state index < -0.39 is 5.91 Å². The molecule has 6 heteroatoms. The molecular weight excluding hydrogens is 320 g/mol. The van der Waals surface area contributed by atoms with Gasteiger partial charge in [-0.15, -0.1) is 4.73 Å². The number of ether oxygens (including phenoxy) is 2. The zero-order valence-electron chi connectivity index (χ0n) is 13.3. The number of benzene rings is 2. The number of nitrogens with one attached hydrogen (secondary N) is 1. The molecule has 0 atom stereocenters. The van der Waals surface area contributed by atoms with Gasteiger partial charge in [-0.25, -0.2) is 0 Å². The zero-order chi connectivity index (χ0) is 17.5. The molecule has 1 aromatic heterocycles. The Balaban J connectivity index is 1.64. The van der Waals surface area contributed by atoms with E-state index >= 15 is 0 Å². The van der Waals surface area contributed by atoms with Gasteiger partial charge in [-0.05, 0) is 30.3 Å². The second-order valence-electron chi connectivity index (χ2n) is 5.11. The van der Waals surface area contributed by atoms with Gasteiger partial charge in [-0.3, -0.25) is 4.79 Å². The molecule has 2 aromatic carbocycles. The van der Waals surface area contributed by atoms with Crippen LogP contribution in [0.1, 0.15) is 0 Å². The summed E-state index contributed by atoms with van der Waals surface area (Å²) in [6, 6.07) is 21.1. The zero-order valence-corrected chi connectivity index (χ0v) is 13.3. The van der Waals surface area contributed by atoms with Gasteiger partial charge in [0.25, 0.3) is 5.91 Å². The topological polar surface area (TPSA) is 74.5 Å². The first-order valence-electron chi connectivity index (χ1n) is 7.65. The number of amides is 1. The highest BCUT2D eigenvalue weighted by atomic mass is 16.6. The van der Waals surface area contributed by atoms with E-state index in [0.29, 0.717) is 21.9 Å². The summed E-state index contributed by atoms with van der Waals surface area (Å²) in [4.78, 5) is 12.1. The Bertz CT molecular complexity index is 853. The van der Waals surface area contributed by atoms with Crippen LogP contribution in [-0.4, -0.2) is 12.5 Å². The minimum absolute atomic E-state index is 0.0615. The Morgan fingerprint density at radius 1 is 0.960 bits per heavy atom. The molecule has 0 saturated heterocycles. The van der Waals surface area contributed by atoms with Crippen LogP contribution in [0.2, 0.25) is 0 Å². The van der Waals surface area contributed by atoms with Crippen LogP contribution in [0, 0.1) is 5.21 Å².